The Morgan fingerprint density at radius 2 is 1.77 bits per heavy atom. The number of fused-ring (bicyclic) bond motifs is 1. The lowest BCUT2D eigenvalue weighted by Crippen LogP contribution is -2.44. The van der Waals surface area contributed by atoms with Crippen molar-refractivity contribution in [1.82, 2.24) is 15.3 Å². The van der Waals surface area contributed by atoms with Crippen LogP contribution in [0.2, 0.25) is 10.0 Å². The third-order valence-electron chi connectivity index (χ3n) is 7.60. The topological polar surface area (TPSA) is 90.4 Å². The van der Waals surface area contributed by atoms with Crippen molar-refractivity contribution in [3.05, 3.63) is 70.5 Å². The molecule has 9 heteroatoms. The highest BCUT2D eigenvalue weighted by atomic mass is 35.5. The van der Waals surface area contributed by atoms with Crippen LogP contribution in [-0.4, -0.2) is 47.0 Å². The number of benzene rings is 2. The summed E-state index contributed by atoms with van der Waals surface area (Å²) in [6, 6.07) is 13.6. The lowest BCUT2D eigenvalue weighted by Gasteiger charge is -2.33. The average Bonchev–Trinajstić information content (AvgIpc) is 3.81. The van der Waals surface area contributed by atoms with E-state index in [0.717, 1.165) is 65.9 Å². The van der Waals surface area contributed by atoms with E-state index in [-0.39, 0.29) is 34.9 Å². The SMILES string of the molecule is C.CNC1CCCN(c2ccc(Nc3c(C(=O)C4CC4)cnc4ccc(-c5cc(Cl)c(O)c(Cl)c5)cc34)cn2)C1. The van der Waals surface area contributed by atoms with Gasteiger partial charge in [-0.05, 0) is 80.3 Å². The van der Waals surface area contributed by atoms with Crippen molar-refractivity contribution in [3.8, 4) is 16.9 Å². The monoisotopic (exact) mass is 577 g/mol. The van der Waals surface area contributed by atoms with Crippen molar-refractivity contribution >= 4 is 57.1 Å². The normalized spacial score (nSPS) is 17.0. The lowest BCUT2D eigenvalue weighted by atomic mass is 9.99. The molecule has 1 atom stereocenters. The number of ketones is 1. The number of hydrogen-bond acceptors (Lipinski definition) is 7. The second kappa shape index (κ2) is 11.6. The van der Waals surface area contributed by atoms with Crippen molar-refractivity contribution in [2.45, 2.75) is 39.2 Å². The molecule has 1 saturated carbocycles. The van der Waals surface area contributed by atoms with Crippen molar-refractivity contribution < 1.29 is 9.90 Å². The summed E-state index contributed by atoms with van der Waals surface area (Å²) in [5, 5.41) is 18.0. The first-order valence-corrected chi connectivity index (χ1v) is 14.0. The second-order valence-corrected chi connectivity index (χ2v) is 11.1. The first kappa shape index (κ1) is 28.1. The van der Waals surface area contributed by atoms with E-state index in [2.05, 4.69) is 20.5 Å². The molecule has 1 saturated heterocycles. The van der Waals surface area contributed by atoms with E-state index < -0.39 is 0 Å². The van der Waals surface area contributed by atoms with Gasteiger partial charge in [-0.15, -0.1) is 0 Å². The zero-order chi connectivity index (χ0) is 27.1. The van der Waals surface area contributed by atoms with Crippen molar-refractivity contribution in [2.75, 3.05) is 30.4 Å². The van der Waals surface area contributed by atoms with Crippen molar-refractivity contribution in [1.29, 1.82) is 0 Å². The predicted octanol–water partition coefficient (Wildman–Crippen LogP) is 7.47. The summed E-state index contributed by atoms with van der Waals surface area (Å²) in [6.45, 7) is 1.92. The minimum atomic E-state index is -0.147. The van der Waals surface area contributed by atoms with Gasteiger partial charge >= 0.3 is 0 Å². The molecule has 1 aliphatic carbocycles. The van der Waals surface area contributed by atoms with Crippen LogP contribution in [0.4, 0.5) is 17.2 Å². The molecule has 1 aliphatic heterocycles. The van der Waals surface area contributed by atoms with Crippen LogP contribution in [0.25, 0.3) is 22.0 Å². The van der Waals surface area contributed by atoms with E-state index in [9.17, 15) is 9.90 Å². The van der Waals surface area contributed by atoms with Gasteiger partial charge in [0, 0.05) is 36.6 Å². The van der Waals surface area contributed by atoms with E-state index >= 15 is 0 Å². The summed E-state index contributed by atoms with van der Waals surface area (Å²) in [4.78, 5) is 24.9. The molecule has 2 fully saturated rings. The molecular weight excluding hydrogens is 545 g/mol. The van der Waals surface area contributed by atoms with Crippen LogP contribution in [0.15, 0.2) is 54.9 Å². The minimum Gasteiger partial charge on any atom is -0.505 e. The Balaban J connectivity index is 0.00000323. The number of Topliss-reactive ketones (excluding diaryl/α,β-unsaturated/α-hetero) is 1. The number of piperidine rings is 1. The Kier molecular flexibility index (Phi) is 8.17. The van der Waals surface area contributed by atoms with Gasteiger partial charge in [0.1, 0.15) is 5.82 Å². The van der Waals surface area contributed by atoms with Gasteiger partial charge in [-0.25, -0.2) is 4.98 Å². The number of likely N-dealkylation sites (N-methyl/N-ethyl adjacent to an activating group) is 1. The molecule has 3 heterocycles. The van der Waals surface area contributed by atoms with Gasteiger partial charge < -0.3 is 20.6 Å². The number of phenols is 1. The average molecular weight is 579 g/mol. The number of phenolic OH excluding ortho intramolecular Hbond substituents is 1. The summed E-state index contributed by atoms with van der Waals surface area (Å²) in [5.41, 5.74) is 4.41. The van der Waals surface area contributed by atoms with Gasteiger partial charge in [0.05, 0.1) is 38.7 Å². The highest BCUT2D eigenvalue weighted by Gasteiger charge is 2.32. The van der Waals surface area contributed by atoms with Crippen LogP contribution >= 0.6 is 23.2 Å². The maximum Gasteiger partial charge on any atom is 0.169 e. The maximum absolute atomic E-state index is 13.3. The first-order valence-electron chi connectivity index (χ1n) is 13.2. The predicted molar refractivity (Wildman–Crippen MR) is 164 cm³/mol. The van der Waals surface area contributed by atoms with E-state index in [1.165, 1.54) is 6.42 Å². The minimum absolute atomic E-state index is 0. The van der Waals surface area contributed by atoms with Crippen molar-refractivity contribution in [3.63, 3.8) is 0 Å². The number of nitrogens with zero attached hydrogens (tertiary/aromatic N) is 3. The molecule has 4 aromatic rings. The summed E-state index contributed by atoms with van der Waals surface area (Å²) >= 11 is 12.4. The summed E-state index contributed by atoms with van der Waals surface area (Å²) in [5.74, 6) is 0.940. The van der Waals surface area contributed by atoms with Crippen LogP contribution < -0.4 is 15.5 Å². The highest BCUT2D eigenvalue weighted by Crippen LogP contribution is 2.40. The molecule has 0 radical (unpaired) electrons. The summed E-state index contributed by atoms with van der Waals surface area (Å²) in [7, 11) is 2.00. The second-order valence-electron chi connectivity index (χ2n) is 10.3. The number of aromatic nitrogens is 2. The molecule has 6 rings (SSSR count). The Morgan fingerprint density at radius 3 is 2.45 bits per heavy atom. The summed E-state index contributed by atoms with van der Waals surface area (Å²) in [6.07, 6.45) is 7.60. The van der Waals surface area contributed by atoms with Gasteiger partial charge in [-0.2, -0.15) is 0 Å². The third-order valence-corrected chi connectivity index (χ3v) is 8.18. The van der Waals surface area contributed by atoms with E-state index in [1.807, 2.05) is 43.6 Å². The molecular formula is C31H33Cl2N5O2. The van der Waals surface area contributed by atoms with E-state index in [4.69, 9.17) is 28.2 Å². The fraction of sp³-hybridized carbons (Fsp3) is 0.323. The first-order chi connectivity index (χ1) is 18.9. The number of carbonyl (C=O) groups is 1. The number of carbonyl (C=O) groups excluding carboxylic acids is 1. The van der Waals surface area contributed by atoms with Gasteiger partial charge in [-0.1, -0.05) is 36.7 Å². The summed E-state index contributed by atoms with van der Waals surface area (Å²) < 4.78 is 0. The number of nitrogens with one attached hydrogen (secondary N) is 2. The molecule has 0 bridgehead atoms. The number of halogens is 2. The van der Waals surface area contributed by atoms with Gasteiger partial charge in [0.2, 0.25) is 0 Å². The Labute approximate surface area is 244 Å². The Morgan fingerprint density at radius 1 is 1.00 bits per heavy atom. The Bertz CT molecular complexity index is 1530. The maximum atomic E-state index is 13.3. The number of hydrogen-bond donors (Lipinski definition) is 3. The standard InChI is InChI=1S/C30H29Cl2N5O2.CH4/c1-33-21-3-2-10-37(16-21)27-9-7-20(14-35-27)36-28-22-11-18(19-12-24(31)30(39)25(32)13-19)6-8-26(22)34-15-23(28)29(38)17-4-5-17;/h6-9,11-15,17,21,33,39H,2-5,10,16H2,1H3,(H,34,36);1H4. The molecule has 1 unspecified atom stereocenters. The zero-order valence-corrected chi connectivity index (χ0v) is 23.1. The fourth-order valence-electron chi connectivity index (χ4n) is 5.20. The molecule has 2 aromatic carbocycles. The zero-order valence-electron chi connectivity index (χ0n) is 21.5. The molecule has 208 valence electrons. The molecule has 3 N–H and O–H groups in total. The van der Waals surface area contributed by atoms with Gasteiger partial charge in [0.15, 0.2) is 11.5 Å². The number of anilines is 3. The Hall–Kier alpha value is -3.39. The molecule has 2 aliphatic rings. The largest absolute Gasteiger partial charge is 0.505 e. The van der Waals surface area contributed by atoms with Crippen LogP contribution in [0.3, 0.4) is 0 Å². The van der Waals surface area contributed by atoms with E-state index in [1.54, 1.807) is 18.3 Å². The van der Waals surface area contributed by atoms with Crippen LogP contribution in [0, 0.1) is 5.92 Å². The number of aromatic hydroxyl groups is 1. The van der Waals surface area contributed by atoms with Crippen LogP contribution in [0.1, 0.15) is 43.5 Å². The van der Waals surface area contributed by atoms with E-state index in [0.29, 0.717) is 17.3 Å². The van der Waals surface area contributed by atoms with Gasteiger partial charge in [0.25, 0.3) is 0 Å². The quantitative estimate of drug-likeness (QED) is 0.196. The molecule has 0 spiro atoms. The van der Waals surface area contributed by atoms with Crippen molar-refractivity contribution in [2.24, 2.45) is 5.92 Å². The number of pyridine rings is 2. The van der Waals surface area contributed by atoms with Crippen LogP contribution in [-0.2, 0) is 0 Å². The third kappa shape index (κ3) is 5.59. The smallest absolute Gasteiger partial charge is 0.169 e. The molecule has 7 nitrogen and oxygen atoms in total. The fourth-order valence-corrected chi connectivity index (χ4v) is 5.69. The lowest BCUT2D eigenvalue weighted by molar-refractivity contribution is 0.0968. The van der Waals surface area contributed by atoms with Gasteiger partial charge in [-0.3, -0.25) is 9.78 Å². The molecule has 0 amide bonds. The highest BCUT2D eigenvalue weighted by molar-refractivity contribution is 6.37. The van der Waals surface area contributed by atoms with Crippen LogP contribution in [0.5, 0.6) is 5.75 Å². The molecule has 40 heavy (non-hydrogen) atoms. The number of rotatable bonds is 7. The molecule has 2 aromatic heterocycles.